The molecule has 8 heteroatoms. The molecule has 5 rings (SSSR count). The Morgan fingerprint density at radius 2 is 1.92 bits per heavy atom. The van der Waals surface area contributed by atoms with Crippen LogP contribution in [0.1, 0.15) is 33.5 Å². The van der Waals surface area contributed by atoms with Gasteiger partial charge in [0.05, 0.1) is 5.56 Å². The topological polar surface area (TPSA) is 100 Å². The van der Waals surface area contributed by atoms with Crippen LogP contribution in [0.3, 0.4) is 0 Å². The summed E-state index contributed by atoms with van der Waals surface area (Å²) in [6, 6.07) is 14.5. The van der Waals surface area contributed by atoms with Crippen molar-refractivity contribution in [2.45, 2.75) is 25.4 Å². The van der Waals surface area contributed by atoms with Crippen molar-refractivity contribution in [3.05, 3.63) is 89.5 Å². The minimum atomic E-state index is -0.152. The molecule has 1 amide bonds. The normalized spacial score (nSPS) is 15.5. The van der Waals surface area contributed by atoms with Gasteiger partial charge in [-0.1, -0.05) is 12.1 Å². The molecule has 4 aromatic rings. The van der Waals surface area contributed by atoms with Crippen molar-refractivity contribution in [1.82, 2.24) is 25.2 Å². The van der Waals surface area contributed by atoms with Crippen LogP contribution in [0.2, 0.25) is 0 Å². The van der Waals surface area contributed by atoms with E-state index in [4.69, 9.17) is 5.73 Å². The fraction of sp³-hybridized carbons (Fsp3) is 0.286. The summed E-state index contributed by atoms with van der Waals surface area (Å²) in [5.41, 5.74) is 9.61. The standard InChI is InChI=1S/C28H31N7O/c1-34(2)24-7-10-35(18-24)26-14-19(5-8-31-26)11-21-13-23(17-30-15-21)28(36)33-16-20-3-4-25-22(12-20)6-9-32-27(25)29/h3-6,8-9,12-15,17,24H,7,10-11,16,18H2,1-2H3,(H2,29,32)(H,33,36)/t24-/m1/s1. The van der Waals surface area contributed by atoms with Crippen LogP contribution in [-0.4, -0.2) is 59.0 Å². The average Bonchev–Trinajstić information content (AvgIpc) is 3.39. The molecule has 0 unspecified atom stereocenters. The van der Waals surface area contributed by atoms with E-state index < -0.39 is 0 Å². The molecule has 1 aromatic carbocycles. The highest BCUT2D eigenvalue weighted by atomic mass is 16.1. The second-order valence-corrected chi connectivity index (χ2v) is 9.57. The quantitative estimate of drug-likeness (QED) is 0.418. The summed E-state index contributed by atoms with van der Waals surface area (Å²) >= 11 is 0. The van der Waals surface area contributed by atoms with Gasteiger partial charge in [0.1, 0.15) is 11.6 Å². The Balaban J connectivity index is 1.23. The van der Waals surface area contributed by atoms with Crippen molar-refractivity contribution in [1.29, 1.82) is 0 Å². The molecule has 3 N–H and O–H groups in total. The lowest BCUT2D eigenvalue weighted by molar-refractivity contribution is 0.0950. The minimum absolute atomic E-state index is 0.152. The number of hydrogen-bond acceptors (Lipinski definition) is 7. The maximum absolute atomic E-state index is 12.9. The lowest BCUT2D eigenvalue weighted by Crippen LogP contribution is -2.31. The van der Waals surface area contributed by atoms with E-state index in [-0.39, 0.29) is 5.91 Å². The maximum Gasteiger partial charge on any atom is 0.253 e. The van der Waals surface area contributed by atoms with E-state index >= 15 is 0 Å². The zero-order valence-electron chi connectivity index (χ0n) is 20.7. The molecule has 1 aliphatic heterocycles. The van der Waals surface area contributed by atoms with Gasteiger partial charge in [0, 0.05) is 55.8 Å². The summed E-state index contributed by atoms with van der Waals surface area (Å²) < 4.78 is 0. The minimum Gasteiger partial charge on any atom is -0.383 e. The third-order valence-corrected chi connectivity index (χ3v) is 6.81. The first-order valence-electron chi connectivity index (χ1n) is 12.2. The molecule has 0 saturated carbocycles. The predicted octanol–water partition coefficient (Wildman–Crippen LogP) is 3.27. The SMILES string of the molecule is CN(C)[C@@H]1CCN(c2cc(Cc3cncc(C(=O)NCc4ccc5c(N)nccc5c4)c3)ccn2)C1. The Morgan fingerprint density at radius 3 is 2.75 bits per heavy atom. The van der Waals surface area contributed by atoms with E-state index in [1.807, 2.05) is 48.8 Å². The van der Waals surface area contributed by atoms with E-state index in [1.165, 1.54) is 0 Å². The van der Waals surface area contributed by atoms with Gasteiger partial charge in [-0.3, -0.25) is 9.78 Å². The van der Waals surface area contributed by atoms with Crippen LogP contribution in [0.5, 0.6) is 0 Å². The van der Waals surface area contributed by atoms with E-state index in [0.717, 1.165) is 52.8 Å². The van der Waals surface area contributed by atoms with E-state index in [1.54, 1.807) is 12.4 Å². The van der Waals surface area contributed by atoms with Crippen molar-refractivity contribution < 1.29 is 4.79 Å². The number of rotatable bonds is 7. The van der Waals surface area contributed by atoms with Crippen molar-refractivity contribution in [2.75, 3.05) is 37.8 Å². The fourth-order valence-electron chi connectivity index (χ4n) is 4.70. The Labute approximate surface area is 211 Å². The number of carbonyl (C=O) groups is 1. The number of anilines is 2. The lowest BCUT2D eigenvalue weighted by atomic mass is 10.1. The molecule has 1 saturated heterocycles. The highest BCUT2D eigenvalue weighted by Gasteiger charge is 2.24. The number of hydrogen-bond donors (Lipinski definition) is 2. The van der Waals surface area contributed by atoms with Crippen molar-refractivity contribution in [3.8, 4) is 0 Å². The van der Waals surface area contributed by atoms with E-state index in [0.29, 0.717) is 30.4 Å². The first-order chi connectivity index (χ1) is 17.5. The van der Waals surface area contributed by atoms with Crippen LogP contribution in [0.15, 0.2) is 67.3 Å². The number of amides is 1. The summed E-state index contributed by atoms with van der Waals surface area (Å²) in [5, 5.41) is 4.91. The van der Waals surface area contributed by atoms with Crippen LogP contribution in [0.25, 0.3) is 10.8 Å². The Kier molecular flexibility index (Phi) is 6.77. The second-order valence-electron chi connectivity index (χ2n) is 9.57. The molecular weight excluding hydrogens is 450 g/mol. The number of nitrogens with zero attached hydrogens (tertiary/aromatic N) is 5. The zero-order chi connectivity index (χ0) is 25.1. The van der Waals surface area contributed by atoms with Crippen LogP contribution in [-0.2, 0) is 13.0 Å². The number of fused-ring (bicyclic) bond motifs is 1. The highest BCUT2D eigenvalue weighted by molar-refractivity contribution is 5.94. The van der Waals surface area contributed by atoms with Gasteiger partial charge < -0.3 is 20.9 Å². The van der Waals surface area contributed by atoms with Crippen molar-refractivity contribution >= 4 is 28.3 Å². The maximum atomic E-state index is 12.9. The largest absolute Gasteiger partial charge is 0.383 e. The lowest BCUT2D eigenvalue weighted by Gasteiger charge is -2.21. The van der Waals surface area contributed by atoms with Gasteiger partial charge in [-0.25, -0.2) is 9.97 Å². The van der Waals surface area contributed by atoms with Gasteiger partial charge in [0.25, 0.3) is 5.91 Å². The van der Waals surface area contributed by atoms with Gasteiger partial charge in [-0.05, 0) is 79.3 Å². The number of likely N-dealkylation sites (N-methyl/N-ethyl adjacent to an activating group) is 1. The van der Waals surface area contributed by atoms with Crippen LogP contribution < -0.4 is 16.0 Å². The first-order valence-corrected chi connectivity index (χ1v) is 12.2. The Bertz CT molecular complexity index is 1390. The third-order valence-electron chi connectivity index (χ3n) is 6.81. The summed E-state index contributed by atoms with van der Waals surface area (Å²) in [4.78, 5) is 30.5. The van der Waals surface area contributed by atoms with E-state index in [2.05, 4.69) is 50.2 Å². The fourth-order valence-corrected chi connectivity index (χ4v) is 4.70. The molecule has 0 aliphatic carbocycles. The number of pyridine rings is 3. The van der Waals surface area contributed by atoms with Crippen LogP contribution in [0, 0.1) is 0 Å². The van der Waals surface area contributed by atoms with Crippen LogP contribution >= 0.6 is 0 Å². The highest BCUT2D eigenvalue weighted by Crippen LogP contribution is 2.23. The predicted molar refractivity (Wildman–Crippen MR) is 143 cm³/mol. The molecule has 1 aliphatic rings. The van der Waals surface area contributed by atoms with Gasteiger partial charge in [-0.2, -0.15) is 0 Å². The zero-order valence-corrected chi connectivity index (χ0v) is 20.7. The molecule has 3 aromatic heterocycles. The molecule has 1 atom stereocenters. The molecule has 0 bridgehead atoms. The number of nitrogen functional groups attached to an aromatic ring is 1. The molecule has 36 heavy (non-hydrogen) atoms. The number of benzene rings is 1. The summed E-state index contributed by atoms with van der Waals surface area (Å²) in [5.74, 6) is 1.36. The average molecular weight is 482 g/mol. The smallest absolute Gasteiger partial charge is 0.253 e. The molecule has 0 radical (unpaired) electrons. The molecule has 184 valence electrons. The Hall–Kier alpha value is -4.04. The number of nitrogens with one attached hydrogen (secondary N) is 1. The molecule has 4 heterocycles. The molecule has 8 nitrogen and oxygen atoms in total. The van der Waals surface area contributed by atoms with Gasteiger partial charge in [0.15, 0.2) is 0 Å². The molecule has 0 spiro atoms. The summed E-state index contributed by atoms with van der Waals surface area (Å²) in [7, 11) is 4.26. The van der Waals surface area contributed by atoms with Crippen molar-refractivity contribution in [2.24, 2.45) is 0 Å². The van der Waals surface area contributed by atoms with Gasteiger partial charge in [-0.15, -0.1) is 0 Å². The Morgan fingerprint density at radius 1 is 1.06 bits per heavy atom. The molecular formula is C28H31N7O. The number of aromatic nitrogens is 3. The number of nitrogens with two attached hydrogens (primary N) is 1. The second kappa shape index (κ2) is 10.3. The monoisotopic (exact) mass is 481 g/mol. The third kappa shape index (κ3) is 5.28. The van der Waals surface area contributed by atoms with Crippen molar-refractivity contribution in [3.63, 3.8) is 0 Å². The van der Waals surface area contributed by atoms with Gasteiger partial charge >= 0.3 is 0 Å². The number of carbonyl (C=O) groups excluding carboxylic acids is 1. The summed E-state index contributed by atoms with van der Waals surface area (Å²) in [6.07, 6.45) is 8.81. The van der Waals surface area contributed by atoms with Crippen LogP contribution in [0.4, 0.5) is 11.6 Å². The van der Waals surface area contributed by atoms with Gasteiger partial charge in [0.2, 0.25) is 0 Å². The first kappa shape index (κ1) is 23.7. The van der Waals surface area contributed by atoms with E-state index in [9.17, 15) is 4.79 Å². The molecule has 1 fully saturated rings. The summed E-state index contributed by atoms with van der Waals surface area (Å²) in [6.45, 7) is 2.42.